The van der Waals surface area contributed by atoms with Gasteiger partial charge in [0.25, 0.3) is 0 Å². The molecule has 0 bridgehead atoms. The molecule has 2 aliphatic heterocycles. The van der Waals surface area contributed by atoms with Crippen LogP contribution in [0.4, 0.5) is 0 Å². The van der Waals surface area contributed by atoms with Gasteiger partial charge in [-0.15, -0.1) is 0 Å². The maximum Gasteiger partial charge on any atom is 0.446 e. The Labute approximate surface area is 287 Å². The van der Waals surface area contributed by atoms with Crippen LogP contribution in [0.3, 0.4) is 0 Å². The molecule has 0 saturated heterocycles. The summed E-state index contributed by atoms with van der Waals surface area (Å²) in [7, 11) is -19.4. The van der Waals surface area contributed by atoms with Gasteiger partial charge in [-0.05, 0) is 29.8 Å². The van der Waals surface area contributed by atoms with Gasteiger partial charge in [0.15, 0.2) is 53.2 Å². The molecule has 2 aliphatic rings. The highest BCUT2D eigenvalue weighted by atomic mass is 32.3. The summed E-state index contributed by atoms with van der Waals surface area (Å²) in [6.07, 6.45) is -6.83. The molecular weight excluding hydrogens is 781 g/mol. The van der Waals surface area contributed by atoms with E-state index < -0.39 is 107 Å². The maximum absolute atomic E-state index is 13.4. The molecule has 0 fully saturated rings. The predicted molar refractivity (Wildman–Crippen MR) is 161 cm³/mol. The van der Waals surface area contributed by atoms with Crippen molar-refractivity contribution in [2.45, 2.75) is 24.4 Å². The zero-order valence-corrected chi connectivity index (χ0v) is 28.2. The third-order valence-electron chi connectivity index (χ3n) is 6.77. The number of methoxy groups -OCH3 is 1. The topological polar surface area (TPSA) is 329 Å². The molecule has 0 spiro atoms. The summed E-state index contributed by atoms with van der Waals surface area (Å²) < 4.78 is 168. The van der Waals surface area contributed by atoms with Crippen LogP contribution in [-0.2, 0) is 50.0 Å². The highest BCUT2D eigenvalue weighted by Gasteiger charge is 2.45. The highest BCUT2D eigenvalue weighted by molar-refractivity contribution is 7.81. The van der Waals surface area contributed by atoms with E-state index in [0.29, 0.717) is 6.07 Å². The first kappa shape index (κ1) is 37.7. The lowest BCUT2D eigenvalue weighted by atomic mass is 9.92. The van der Waals surface area contributed by atoms with Gasteiger partial charge in [0, 0.05) is 17.7 Å². The monoisotopic (exact) mass is 802 g/mol. The van der Waals surface area contributed by atoms with E-state index in [9.17, 15) is 48.1 Å². The summed E-state index contributed by atoms with van der Waals surface area (Å²) in [5, 5.41) is 10.4. The molecule has 3 aromatic carbocycles. The smallest absolute Gasteiger partial charge is 0.446 e. The molecule has 0 aromatic heterocycles. The van der Waals surface area contributed by atoms with Crippen molar-refractivity contribution in [1.82, 2.24) is 0 Å². The first-order valence-electron chi connectivity index (χ1n) is 13.3. The molecule has 0 radical (unpaired) electrons. The fourth-order valence-electron chi connectivity index (χ4n) is 4.96. The van der Waals surface area contributed by atoms with Gasteiger partial charge in [-0.3, -0.25) is 23.0 Å². The number of carbonyl (C=O) groups excluding carboxylic acids is 1. The van der Waals surface area contributed by atoms with Crippen LogP contribution >= 0.6 is 0 Å². The Bertz CT molecular complexity index is 2320. The molecule has 278 valence electrons. The fraction of sp³-hybridized carbons (Fsp3) is 0.240. The number of ketones is 1. The molecule has 4 atom stereocenters. The molecule has 5 N–H and O–H groups in total. The highest BCUT2D eigenvalue weighted by Crippen LogP contribution is 2.47. The number of benzene rings is 3. The van der Waals surface area contributed by atoms with Gasteiger partial charge in [-0.25, -0.2) is 8.37 Å². The first-order chi connectivity index (χ1) is 23.5. The second-order valence-corrected chi connectivity index (χ2v) is 14.4. The summed E-state index contributed by atoms with van der Waals surface area (Å²) in [4.78, 5) is 13.4. The van der Waals surface area contributed by atoms with Gasteiger partial charge in [-0.2, -0.15) is 33.7 Å². The average molecular weight is 803 g/mol. The minimum Gasteiger partial charge on any atom is -0.507 e. The van der Waals surface area contributed by atoms with Crippen LogP contribution in [0.25, 0.3) is 0 Å². The Balaban J connectivity index is 1.57. The Morgan fingerprint density at radius 3 is 1.90 bits per heavy atom. The summed E-state index contributed by atoms with van der Waals surface area (Å²) in [6.45, 7) is -0.866. The van der Waals surface area contributed by atoms with Crippen molar-refractivity contribution in [2.75, 3.05) is 13.7 Å². The predicted octanol–water partition coefficient (Wildman–Crippen LogP) is 0.969. The summed E-state index contributed by atoms with van der Waals surface area (Å²) >= 11 is 0. The van der Waals surface area contributed by atoms with Gasteiger partial charge < -0.3 is 32.4 Å². The number of ether oxygens (including phenoxy) is 4. The van der Waals surface area contributed by atoms with Crippen molar-refractivity contribution in [3.05, 3.63) is 65.2 Å². The summed E-state index contributed by atoms with van der Waals surface area (Å²) in [5.41, 5.74) is -0.800. The SMILES string of the molecule is COc1cc([C@H]2Oc3cc([C@H]4Oc5cc(OS(=O)(=O)O)cc(O)c5C(=O)[C@@H]4OS(=O)(=O)O)ccc3O[C@@H]2COS(=O)(=O)O)ccc1OS(=O)(=O)O. The van der Waals surface area contributed by atoms with E-state index in [-0.39, 0.29) is 28.4 Å². The number of hydrogen-bond acceptors (Lipinski definition) is 18. The molecule has 0 unspecified atom stereocenters. The van der Waals surface area contributed by atoms with Crippen molar-refractivity contribution in [1.29, 1.82) is 0 Å². The molecular formula is C25H22O22S4. The van der Waals surface area contributed by atoms with E-state index in [1.165, 1.54) is 18.2 Å². The number of carbonyl (C=O) groups is 1. The van der Waals surface area contributed by atoms with E-state index in [1.54, 1.807) is 0 Å². The van der Waals surface area contributed by atoms with Crippen LogP contribution in [0.15, 0.2) is 48.5 Å². The Morgan fingerprint density at radius 1 is 0.667 bits per heavy atom. The lowest BCUT2D eigenvalue weighted by Crippen LogP contribution is -2.40. The number of hydrogen-bond donors (Lipinski definition) is 5. The van der Waals surface area contributed by atoms with Gasteiger partial charge in [0.1, 0.15) is 23.7 Å². The number of phenolic OH excluding ortho intramolecular Hbond substituents is 1. The van der Waals surface area contributed by atoms with Crippen molar-refractivity contribution in [2.24, 2.45) is 0 Å². The normalized spacial score (nSPS) is 20.5. The molecule has 26 heteroatoms. The lowest BCUT2D eigenvalue weighted by Gasteiger charge is -2.35. The number of phenols is 1. The van der Waals surface area contributed by atoms with E-state index in [2.05, 4.69) is 16.7 Å². The average Bonchev–Trinajstić information content (AvgIpc) is 2.98. The number of aromatic hydroxyl groups is 1. The van der Waals surface area contributed by atoms with Gasteiger partial charge in [0.2, 0.25) is 5.78 Å². The quantitative estimate of drug-likeness (QED) is 0.159. The number of fused-ring (bicyclic) bond motifs is 2. The van der Waals surface area contributed by atoms with E-state index >= 15 is 0 Å². The van der Waals surface area contributed by atoms with Crippen LogP contribution in [0.5, 0.6) is 40.2 Å². The van der Waals surface area contributed by atoms with Crippen molar-refractivity contribution < 1.29 is 97.5 Å². The third kappa shape index (κ3) is 9.24. The molecule has 3 aromatic rings. The summed E-state index contributed by atoms with van der Waals surface area (Å²) in [6, 6.07) is 8.19. The summed E-state index contributed by atoms with van der Waals surface area (Å²) in [5.74, 6) is -4.70. The molecule has 0 aliphatic carbocycles. The fourth-order valence-corrected chi connectivity index (χ4v) is 6.42. The first-order valence-corrected chi connectivity index (χ1v) is 18.8. The Morgan fingerprint density at radius 2 is 1.29 bits per heavy atom. The van der Waals surface area contributed by atoms with Crippen LogP contribution < -0.4 is 27.3 Å². The standard InChI is InChI=1S/C25H22O22S4/c1-40-17-6-11(3-5-16(17)46-50(34,35)36)23-20(10-41-48(28,29)30)42-15-4-2-12(7-18(15)43-23)24-25(47-51(37,38)39)22(27)21-14(26)8-13(9-19(21)44-24)45-49(31,32)33/h2-9,20,23-26H,10H2,1H3,(H,28,29,30)(H,31,32,33)(H,34,35,36)(H,37,38,39)/t20-,23-,24-,25+/m1/s1. The van der Waals surface area contributed by atoms with Gasteiger partial charge >= 0.3 is 41.6 Å². The van der Waals surface area contributed by atoms with Crippen LogP contribution in [0, 0.1) is 0 Å². The minimum absolute atomic E-state index is 0.0713. The van der Waals surface area contributed by atoms with Crippen LogP contribution in [0.1, 0.15) is 33.7 Å². The van der Waals surface area contributed by atoms with Crippen molar-refractivity contribution in [3.63, 3.8) is 0 Å². The molecule has 5 rings (SSSR count). The van der Waals surface area contributed by atoms with Gasteiger partial charge in [0.05, 0.1) is 7.11 Å². The van der Waals surface area contributed by atoms with Crippen LogP contribution in [-0.4, -0.2) is 88.7 Å². The molecule has 2 heterocycles. The van der Waals surface area contributed by atoms with Crippen LogP contribution in [0.2, 0.25) is 0 Å². The van der Waals surface area contributed by atoms with Crippen molar-refractivity contribution in [3.8, 4) is 40.2 Å². The maximum atomic E-state index is 13.4. The van der Waals surface area contributed by atoms with E-state index in [1.807, 2.05) is 0 Å². The molecule has 51 heavy (non-hydrogen) atoms. The zero-order chi connectivity index (χ0) is 37.7. The minimum atomic E-state index is -5.39. The van der Waals surface area contributed by atoms with E-state index in [4.69, 9.17) is 32.6 Å². The Kier molecular flexibility index (Phi) is 10.0. The largest absolute Gasteiger partial charge is 0.507 e. The van der Waals surface area contributed by atoms with Crippen molar-refractivity contribution >= 4 is 47.4 Å². The second kappa shape index (κ2) is 13.6. The lowest BCUT2D eigenvalue weighted by molar-refractivity contribution is -0.00784. The molecule has 0 amide bonds. The third-order valence-corrected chi connectivity index (χ3v) is 8.45. The number of rotatable bonds is 12. The second-order valence-electron chi connectivity index (χ2n) is 10.2. The van der Waals surface area contributed by atoms with E-state index in [0.717, 1.165) is 31.4 Å². The Hall–Kier alpha value is -4.51. The molecule has 22 nitrogen and oxygen atoms in total. The van der Waals surface area contributed by atoms with Gasteiger partial charge in [-0.1, -0.05) is 12.1 Å². The zero-order valence-electron chi connectivity index (χ0n) is 24.9. The number of Topliss-reactive ketones (excluding diaryl/α,β-unsaturated/α-hetero) is 1. The molecule has 0 saturated carbocycles.